The van der Waals surface area contributed by atoms with Gasteiger partial charge in [-0.25, -0.2) is 4.79 Å². The van der Waals surface area contributed by atoms with E-state index in [1.165, 1.54) is 18.4 Å². The van der Waals surface area contributed by atoms with E-state index in [-0.39, 0.29) is 5.97 Å². The third kappa shape index (κ3) is 3.29. The molecule has 1 aromatic carbocycles. The average molecular weight is 271 g/mol. The molecule has 1 heterocycles. The summed E-state index contributed by atoms with van der Waals surface area (Å²) in [7, 11) is 1.43. The molecule has 0 fully saturated rings. The van der Waals surface area contributed by atoms with Crippen molar-refractivity contribution in [3.05, 3.63) is 59.4 Å². The van der Waals surface area contributed by atoms with Crippen LogP contribution in [-0.2, 0) is 24.1 Å². The van der Waals surface area contributed by atoms with Gasteiger partial charge in [0.25, 0.3) is 0 Å². The molecule has 3 heteroatoms. The van der Waals surface area contributed by atoms with Crippen LogP contribution in [-0.4, -0.2) is 17.6 Å². The molecule has 0 spiro atoms. The topological polar surface area (TPSA) is 31.2 Å². The standard InChI is InChI=1S/C17H21NO2/c1-3-13-18-15(11-12-16(18)17(19)20-2)10-9-14-7-5-4-6-8-14/h4-8,11-12H,3,9-10,13H2,1-2H3. The molecule has 1 aromatic heterocycles. The summed E-state index contributed by atoms with van der Waals surface area (Å²) in [5.74, 6) is -0.260. The van der Waals surface area contributed by atoms with E-state index in [1.807, 2.05) is 18.2 Å². The Balaban J connectivity index is 2.15. The van der Waals surface area contributed by atoms with Crippen LogP contribution in [0.25, 0.3) is 0 Å². The van der Waals surface area contributed by atoms with E-state index >= 15 is 0 Å². The van der Waals surface area contributed by atoms with Gasteiger partial charge in [-0.3, -0.25) is 0 Å². The van der Waals surface area contributed by atoms with Gasteiger partial charge in [-0.2, -0.15) is 0 Å². The van der Waals surface area contributed by atoms with Crippen LogP contribution in [0.1, 0.15) is 35.1 Å². The van der Waals surface area contributed by atoms with Crippen LogP contribution in [0.15, 0.2) is 42.5 Å². The van der Waals surface area contributed by atoms with Crippen LogP contribution in [0.5, 0.6) is 0 Å². The summed E-state index contributed by atoms with van der Waals surface area (Å²) >= 11 is 0. The van der Waals surface area contributed by atoms with E-state index in [9.17, 15) is 4.79 Å². The number of ether oxygens (including phenoxy) is 1. The van der Waals surface area contributed by atoms with Crippen LogP contribution in [0, 0.1) is 0 Å². The van der Waals surface area contributed by atoms with Crippen molar-refractivity contribution in [2.24, 2.45) is 0 Å². The van der Waals surface area contributed by atoms with Crippen LogP contribution >= 0.6 is 0 Å². The molecule has 0 aliphatic rings. The van der Waals surface area contributed by atoms with E-state index < -0.39 is 0 Å². The van der Waals surface area contributed by atoms with Crippen molar-refractivity contribution >= 4 is 5.97 Å². The summed E-state index contributed by atoms with van der Waals surface area (Å²) in [6.07, 6.45) is 2.91. The number of methoxy groups -OCH3 is 1. The number of benzene rings is 1. The molecule has 0 saturated heterocycles. The van der Waals surface area contributed by atoms with Gasteiger partial charge in [0.2, 0.25) is 0 Å². The zero-order valence-electron chi connectivity index (χ0n) is 12.1. The zero-order chi connectivity index (χ0) is 14.4. The predicted molar refractivity (Wildman–Crippen MR) is 79.9 cm³/mol. The number of esters is 1. The number of nitrogens with zero attached hydrogens (tertiary/aromatic N) is 1. The van der Waals surface area contributed by atoms with E-state index in [4.69, 9.17) is 4.74 Å². The molecule has 0 N–H and O–H groups in total. The quantitative estimate of drug-likeness (QED) is 0.753. The number of rotatable bonds is 6. The smallest absolute Gasteiger partial charge is 0.354 e. The minimum Gasteiger partial charge on any atom is -0.464 e. The fourth-order valence-corrected chi connectivity index (χ4v) is 2.42. The maximum Gasteiger partial charge on any atom is 0.354 e. The molecule has 0 unspecified atom stereocenters. The molecule has 0 radical (unpaired) electrons. The minimum atomic E-state index is -0.260. The lowest BCUT2D eigenvalue weighted by Crippen LogP contribution is -2.13. The van der Waals surface area contributed by atoms with Crippen LogP contribution in [0.4, 0.5) is 0 Å². The van der Waals surface area contributed by atoms with Gasteiger partial charge in [0.05, 0.1) is 7.11 Å². The highest BCUT2D eigenvalue weighted by molar-refractivity contribution is 5.87. The van der Waals surface area contributed by atoms with Gasteiger partial charge < -0.3 is 9.30 Å². The number of carbonyl (C=O) groups excluding carboxylic acids is 1. The highest BCUT2D eigenvalue weighted by Gasteiger charge is 2.14. The molecule has 0 aliphatic heterocycles. The molecule has 2 aromatic rings. The van der Waals surface area contributed by atoms with Gasteiger partial charge in [0.15, 0.2) is 0 Å². The SMILES string of the molecule is CCCn1c(CCc2ccccc2)ccc1C(=O)OC. The lowest BCUT2D eigenvalue weighted by molar-refractivity contribution is 0.0588. The lowest BCUT2D eigenvalue weighted by atomic mass is 10.1. The fourth-order valence-electron chi connectivity index (χ4n) is 2.42. The Morgan fingerprint density at radius 1 is 1.10 bits per heavy atom. The van der Waals surface area contributed by atoms with Crippen molar-refractivity contribution in [1.29, 1.82) is 0 Å². The van der Waals surface area contributed by atoms with Gasteiger partial charge >= 0.3 is 5.97 Å². The molecule has 3 nitrogen and oxygen atoms in total. The molecule has 0 bridgehead atoms. The Hall–Kier alpha value is -2.03. The maximum absolute atomic E-state index is 11.8. The largest absolute Gasteiger partial charge is 0.464 e. The highest BCUT2D eigenvalue weighted by Crippen LogP contribution is 2.14. The van der Waals surface area contributed by atoms with Crippen molar-refractivity contribution in [3.63, 3.8) is 0 Å². The van der Waals surface area contributed by atoms with Gasteiger partial charge in [-0.05, 0) is 37.0 Å². The number of aryl methyl sites for hydroxylation is 2. The van der Waals surface area contributed by atoms with Crippen molar-refractivity contribution in [2.45, 2.75) is 32.7 Å². The van der Waals surface area contributed by atoms with E-state index in [1.54, 1.807) is 0 Å². The Kier molecular flexibility index (Phi) is 4.99. The third-order valence-corrected chi connectivity index (χ3v) is 3.43. The van der Waals surface area contributed by atoms with Gasteiger partial charge in [0, 0.05) is 12.2 Å². The first-order valence-electron chi connectivity index (χ1n) is 7.07. The molecule has 106 valence electrons. The lowest BCUT2D eigenvalue weighted by Gasteiger charge is -2.11. The first-order valence-corrected chi connectivity index (χ1v) is 7.07. The molecular formula is C17H21NO2. The van der Waals surface area contributed by atoms with E-state index in [0.717, 1.165) is 25.8 Å². The summed E-state index contributed by atoms with van der Waals surface area (Å²) in [4.78, 5) is 11.8. The van der Waals surface area contributed by atoms with Crippen molar-refractivity contribution in [1.82, 2.24) is 4.57 Å². The van der Waals surface area contributed by atoms with E-state index in [2.05, 4.69) is 35.8 Å². The van der Waals surface area contributed by atoms with Crippen LogP contribution in [0.2, 0.25) is 0 Å². The zero-order valence-corrected chi connectivity index (χ0v) is 12.1. The van der Waals surface area contributed by atoms with Crippen molar-refractivity contribution in [3.8, 4) is 0 Å². The first-order chi connectivity index (χ1) is 9.76. The first kappa shape index (κ1) is 14.4. The third-order valence-electron chi connectivity index (χ3n) is 3.43. The second kappa shape index (κ2) is 6.94. The second-order valence-electron chi connectivity index (χ2n) is 4.84. The normalized spacial score (nSPS) is 10.5. The minimum absolute atomic E-state index is 0.260. The molecule has 20 heavy (non-hydrogen) atoms. The summed E-state index contributed by atoms with van der Waals surface area (Å²) in [5.41, 5.74) is 3.16. The molecule has 0 saturated carbocycles. The Morgan fingerprint density at radius 3 is 2.50 bits per heavy atom. The summed E-state index contributed by atoms with van der Waals surface area (Å²) in [5, 5.41) is 0. The van der Waals surface area contributed by atoms with Crippen LogP contribution in [0.3, 0.4) is 0 Å². The maximum atomic E-state index is 11.8. The molecule has 0 aliphatic carbocycles. The highest BCUT2D eigenvalue weighted by atomic mass is 16.5. The molecule has 0 amide bonds. The predicted octanol–water partition coefficient (Wildman–Crippen LogP) is 3.47. The van der Waals surface area contributed by atoms with Crippen molar-refractivity contribution in [2.75, 3.05) is 7.11 Å². The fraction of sp³-hybridized carbons (Fsp3) is 0.353. The molecular weight excluding hydrogens is 250 g/mol. The number of carbonyl (C=O) groups is 1. The Morgan fingerprint density at radius 2 is 1.85 bits per heavy atom. The Labute approximate surface area is 120 Å². The molecule has 2 rings (SSSR count). The second-order valence-corrected chi connectivity index (χ2v) is 4.84. The molecule has 0 atom stereocenters. The number of aromatic nitrogens is 1. The number of hydrogen-bond acceptors (Lipinski definition) is 2. The van der Waals surface area contributed by atoms with Gasteiger partial charge in [0.1, 0.15) is 5.69 Å². The number of hydrogen-bond donors (Lipinski definition) is 0. The van der Waals surface area contributed by atoms with E-state index in [0.29, 0.717) is 5.69 Å². The van der Waals surface area contributed by atoms with Crippen LogP contribution < -0.4 is 0 Å². The summed E-state index contributed by atoms with van der Waals surface area (Å²) < 4.78 is 6.92. The monoisotopic (exact) mass is 271 g/mol. The van der Waals surface area contributed by atoms with Crippen molar-refractivity contribution < 1.29 is 9.53 Å². The average Bonchev–Trinajstić information content (AvgIpc) is 2.89. The van der Waals surface area contributed by atoms with Gasteiger partial charge in [-0.1, -0.05) is 37.3 Å². The summed E-state index contributed by atoms with van der Waals surface area (Å²) in [6, 6.07) is 14.3. The Bertz CT molecular complexity index is 558. The summed E-state index contributed by atoms with van der Waals surface area (Å²) in [6.45, 7) is 2.96. The van der Waals surface area contributed by atoms with Gasteiger partial charge in [-0.15, -0.1) is 0 Å².